The van der Waals surface area contributed by atoms with Gasteiger partial charge in [0.2, 0.25) is 5.91 Å². The van der Waals surface area contributed by atoms with Crippen LogP contribution >= 0.6 is 11.3 Å². The predicted molar refractivity (Wildman–Crippen MR) is 392 cm³/mol. The molecule has 28 heteroatoms. The maximum Gasteiger partial charge on any atom is 0.409 e. The third-order valence-corrected chi connectivity index (χ3v) is 22.3. The normalized spacial score (nSPS) is 24.5. The van der Waals surface area contributed by atoms with Gasteiger partial charge in [-0.2, -0.15) is 5.10 Å². The minimum Gasteiger partial charge on any atom is -0.479 e. The Balaban J connectivity index is 0.576. The lowest BCUT2D eigenvalue weighted by Crippen LogP contribution is -2.64. The number of unbranched alkanes of at least 4 members (excludes halogenated alkanes) is 2. The molecule has 3 aromatic heterocycles. The van der Waals surface area contributed by atoms with Crippen molar-refractivity contribution in [1.29, 1.82) is 0 Å². The Labute approximate surface area is 617 Å². The molecule has 13 rings (SSSR count). The van der Waals surface area contributed by atoms with Gasteiger partial charge in [0, 0.05) is 106 Å². The first-order chi connectivity index (χ1) is 50.8. The lowest BCUT2D eigenvalue weighted by Gasteiger charge is -2.69. The number of aliphatic hydroxyl groups excluding tert-OH is 3. The first-order valence-corrected chi connectivity index (χ1v) is 37.1. The third kappa shape index (κ3) is 17.9. The number of hydrogen-bond acceptors (Lipinski definition) is 21. The van der Waals surface area contributed by atoms with Crippen molar-refractivity contribution in [3.63, 3.8) is 0 Å². The summed E-state index contributed by atoms with van der Waals surface area (Å²) in [5.41, 5.74) is 6.18. The van der Waals surface area contributed by atoms with E-state index in [0.29, 0.717) is 104 Å². The number of fused-ring (bicyclic) bond motifs is 2. The second-order valence-electron chi connectivity index (χ2n) is 30.0. The van der Waals surface area contributed by atoms with E-state index in [4.69, 9.17) is 33.8 Å². The molecule has 5 fully saturated rings. The number of anilines is 3. The van der Waals surface area contributed by atoms with Crippen LogP contribution in [0.2, 0.25) is 0 Å². The van der Waals surface area contributed by atoms with Gasteiger partial charge in [-0.05, 0) is 152 Å². The van der Waals surface area contributed by atoms with Crippen LogP contribution in [0.5, 0.6) is 0 Å². The summed E-state index contributed by atoms with van der Waals surface area (Å²) in [5, 5.41) is 63.2. The van der Waals surface area contributed by atoms with Crippen LogP contribution in [0.15, 0.2) is 97.2 Å². The van der Waals surface area contributed by atoms with Crippen molar-refractivity contribution in [2.24, 2.45) is 16.2 Å². The number of ketones is 1. The number of aromatic carboxylic acids is 1. The summed E-state index contributed by atoms with van der Waals surface area (Å²) in [6.45, 7) is 10.4. The molecule has 3 aromatic carbocycles. The number of carbonyl (C=O) groups is 8. The fourth-order valence-electron chi connectivity index (χ4n) is 17.5. The fourth-order valence-corrected chi connectivity index (χ4v) is 18.4. The van der Waals surface area contributed by atoms with Gasteiger partial charge in [0.1, 0.15) is 36.5 Å². The highest BCUT2D eigenvalue weighted by Crippen LogP contribution is 2.72. The zero-order valence-corrected chi connectivity index (χ0v) is 61.0. The number of benzene rings is 3. The average Bonchev–Trinajstić information content (AvgIpc) is 1.47. The highest BCUT2D eigenvalue weighted by molar-refractivity contribution is 7.22. The minimum absolute atomic E-state index is 0.0229. The van der Waals surface area contributed by atoms with Crippen molar-refractivity contribution < 1.29 is 87.6 Å². The van der Waals surface area contributed by atoms with Gasteiger partial charge < -0.3 is 64.3 Å². The Morgan fingerprint density at radius 1 is 0.774 bits per heavy atom. The van der Waals surface area contributed by atoms with Gasteiger partial charge in [-0.25, -0.2) is 24.4 Å². The van der Waals surface area contributed by atoms with Gasteiger partial charge >= 0.3 is 18.0 Å². The predicted octanol–water partition coefficient (Wildman–Crippen LogP) is 8.97. The molecule has 106 heavy (non-hydrogen) atoms. The number of thiazole rings is 1. The average molecular weight is 1480 g/mol. The highest BCUT2D eigenvalue weighted by atomic mass is 32.1. The van der Waals surface area contributed by atoms with Crippen molar-refractivity contribution in [2.75, 3.05) is 81.9 Å². The molecule has 7 atom stereocenters. The number of carboxylic acids is 2. The highest BCUT2D eigenvalue weighted by Gasteiger charge is 2.66. The Morgan fingerprint density at radius 2 is 1.52 bits per heavy atom. The molecule has 7 N–H and O–H groups in total. The Bertz CT molecular complexity index is 4290. The van der Waals surface area contributed by atoms with Crippen molar-refractivity contribution in [2.45, 2.75) is 166 Å². The maximum atomic E-state index is 13.8. The molecule has 27 nitrogen and oxygen atoms in total. The number of rotatable bonds is 34. The summed E-state index contributed by atoms with van der Waals surface area (Å²) in [5.74, 6) is -3.60. The van der Waals surface area contributed by atoms with Crippen LogP contribution in [0, 0.1) is 23.2 Å². The van der Waals surface area contributed by atoms with Crippen molar-refractivity contribution in [3.8, 4) is 11.1 Å². The van der Waals surface area contributed by atoms with E-state index in [0.717, 1.165) is 70.5 Å². The number of carbonyl (C=O) groups excluding carboxylic acids is 6. The summed E-state index contributed by atoms with van der Waals surface area (Å²) in [6.07, 6.45) is 7.24. The number of ether oxygens (including phenoxy) is 5. The molecule has 5 amide bonds. The number of imide groups is 1. The van der Waals surface area contributed by atoms with Crippen LogP contribution in [0.4, 0.5) is 21.4 Å². The molecule has 4 saturated carbocycles. The molecule has 3 aliphatic heterocycles. The molecule has 4 aliphatic carbocycles. The maximum absolute atomic E-state index is 13.8. The first-order valence-electron chi connectivity index (χ1n) is 36.3. The van der Waals surface area contributed by atoms with E-state index in [1.807, 2.05) is 71.1 Å². The van der Waals surface area contributed by atoms with Crippen molar-refractivity contribution in [3.05, 3.63) is 136 Å². The van der Waals surface area contributed by atoms with E-state index in [1.165, 1.54) is 28.4 Å². The summed E-state index contributed by atoms with van der Waals surface area (Å²) in [7, 11) is 1.59. The van der Waals surface area contributed by atoms with E-state index in [1.54, 1.807) is 43.6 Å². The van der Waals surface area contributed by atoms with Crippen LogP contribution < -0.4 is 15.5 Å². The van der Waals surface area contributed by atoms with Crippen molar-refractivity contribution in [1.82, 2.24) is 29.5 Å². The molecule has 6 heterocycles. The molecule has 4 bridgehead atoms. The van der Waals surface area contributed by atoms with E-state index >= 15 is 0 Å². The quantitative estimate of drug-likeness (QED) is 0.0146. The number of nitrogens with zero attached hydrogens (tertiary/aromatic N) is 7. The number of carboxylic acid groups (broad SMARTS) is 2. The van der Waals surface area contributed by atoms with Crippen LogP contribution in [0.25, 0.3) is 27.4 Å². The summed E-state index contributed by atoms with van der Waals surface area (Å²) < 4.78 is 32.8. The van der Waals surface area contributed by atoms with Crippen LogP contribution in [0.3, 0.4) is 0 Å². The van der Waals surface area contributed by atoms with Gasteiger partial charge in [-0.3, -0.25) is 38.9 Å². The Hall–Kier alpha value is -9.13. The molecular formula is C78H93N9O18S. The summed E-state index contributed by atoms with van der Waals surface area (Å²) >= 11 is 1.42. The monoisotopic (exact) mass is 1480 g/mol. The van der Waals surface area contributed by atoms with E-state index < -0.39 is 54.5 Å². The van der Waals surface area contributed by atoms with Crippen LogP contribution in [0.1, 0.15) is 146 Å². The minimum atomic E-state index is -1.88. The first kappa shape index (κ1) is 76.5. The molecular weight excluding hydrogens is 1380 g/mol. The summed E-state index contributed by atoms with van der Waals surface area (Å²) in [6, 6.07) is 22.1. The molecule has 2 unspecified atom stereocenters. The molecule has 0 radical (unpaired) electrons. The second-order valence-corrected chi connectivity index (χ2v) is 31.0. The van der Waals surface area contributed by atoms with E-state index in [2.05, 4.69) is 29.5 Å². The fraction of sp³-hybridized carbons (Fsp3) is 0.500. The molecule has 564 valence electrons. The van der Waals surface area contributed by atoms with Gasteiger partial charge in [0.15, 0.2) is 16.9 Å². The number of Topliss-reactive ketones (excluding diaryl/α,β-unsaturated/α-hetero) is 1. The van der Waals surface area contributed by atoms with Gasteiger partial charge in [-0.1, -0.05) is 74.1 Å². The standard InChI is InChI=1S/C78H93N9O18S/c1-48-55(53-23-24-61(82-65(53)71(96)97)85-29-27-50-14-10-17-54(56(50)40-85)70(95)83-73-81-57-18-7-8-19-60(57)106-73)39-79-87(48)47-77-42-75(2)41-76(3,43-77)45-78(44-75,46-77)104-36-35-102-34-33-101-32-30-84(4)74(100)103-31-12-13-49-21-22-51(38-59-66(92)67(93)68(94)69(105-59)72(98)99)58(37-49)80-62(89)20-11-16-52(88)15-6-5-9-28-86-63(90)25-26-64(86)91/h7-8,10,12-14,17-19,21-26,37,39,59,66-69,92-94H,5-6,9,11,15-16,20,27-36,38,40-47H2,1-4H3,(H,80,89)(H,96,97)(H,98,99)(H,81,83,95)/b13-12+/t59-,66-,67+,68-,69-,75?,76?,77?,78?/m0/s1. The number of hydrogen-bond donors (Lipinski definition) is 7. The third-order valence-electron chi connectivity index (χ3n) is 21.4. The molecule has 6 aromatic rings. The van der Waals surface area contributed by atoms with E-state index in [-0.39, 0.29) is 122 Å². The Morgan fingerprint density at radius 3 is 2.27 bits per heavy atom. The SMILES string of the molecule is Cc1c(-c2ccc(N3CCc4cccc(C(=O)Nc5nc6ccccc6s5)c4C3)nc2C(=O)O)cnn1CC12CC3(C)CC(C)(C1)CC(OCCOCCOCCN(C)C(=O)OC/C=C/c1ccc(C[C@@H]4O[C@H](C(=O)O)[C@@H](O)[C@H](O)[C@H]4O)c(NC(=O)CCCC(=O)CCCCCN4C(=O)C=CC4=O)c1)(C3)C2. The van der Waals surface area contributed by atoms with Gasteiger partial charge in [0.25, 0.3) is 17.7 Å². The van der Waals surface area contributed by atoms with Crippen LogP contribution in [-0.2, 0) is 73.6 Å². The number of para-hydroxylation sites is 1. The zero-order chi connectivity index (χ0) is 75.1. The number of nitrogens with one attached hydrogen (secondary N) is 2. The molecule has 0 spiro atoms. The lowest BCUT2D eigenvalue weighted by molar-refractivity contribution is -0.250. The Kier molecular flexibility index (Phi) is 23.8. The lowest BCUT2D eigenvalue weighted by atomic mass is 9.39. The zero-order valence-electron chi connectivity index (χ0n) is 60.2. The molecule has 7 aliphatic rings. The number of likely N-dealkylation sites (N-methyl/N-ethyl adjacent to an activating group) is 1. The molecule has 1 saturated heterocycles. The second kappa shape index (κ2) is 32.9. The van der Waals surface area contributed by atoms with Gasteiger partial charge in [0.05, 0.1) is 61.2 Å². The van der Waals surface area contributed by atoms with E-state index in [9.17, 15) is 63.9 Å². The topological polar surface area (TPSA) is 361 Å². The number of aromatic nitrogens is 4. The largest absolute Gasteiger partial charge is 0.479 e. The number of aliphatic carboxylic acids is 1. The number of aliphatic hydroxyl groups is 3. The van der Waals surface area contributed by atoms with Crippen LogP contribution in [-0.4, -0.2) is 205 Å². The van der Waals surface area contributed by atoms with Gasteiger partial charge in [-0.15, -0.1) is 0 Å². The van der Waals surface area contributed by atoms with Crippen molar-refractivity contribution >= 4 is 91.7 Å². The summed E-state index contributed by atoms with van der Waals surface area (Å²) in [4.78, 5) is 115. The number of amides is 5. The smallest absolute Gasteiger partial charge is 0.409 e. The number of pyridine rings is 1.